The predicted molar refractivity (Wildman–Crippen MR) is 52.4 cm³/mol. The average molecular weight is 210 g/mol. The van der Waals surface area contributed by atoms with Crippen molar-refractivity contribution >= 4 is 17.6 Å². The summed E-state index contributed by atoms with van der Waals surface area (Å²) in [4.78, 5) is 10.9. The average Bonchev–Trinajstić information content (AvgIpc) is 2.16. The molecule has 0 aromatic heterocycles. The Balaban J connectivity index is 3.53. The van der Waals surface area contributed by atoms with Gasteiger partial charge in [-0.15, -0.1) is 11.6 Å². The highest BCUT2D eigenvalue weighted by molar-refractivity contribution is 6.18. The number of halogens is 1. The smallest absolute Gasteiger partial charge is 0.336 e. The summed E-state index contributed by atoms with van der Waals surface area (Å²) in [7, 11) is 0. The lowest BCUT2D eigenvalue weighted by atomic mass is 9.98. The van der Waals surface area contributed by atoms with E-state index in [-0.39, 0.29) is 11.4 Å². The standard InChI is InChI=1S/C10H8ClNO2/c1-6-2-3-7(5-12)8(4-11)9(6)10(13)14/h2-3H,4H2,1H3,(H,13,14). The number of benzene rings is 1. The molecule has 1 N–H and O–H groups in total. The molecule has 0 unspecified atom stereocenters. The largest absolute Gasteiger partial charge is 0.478 e. The Kier molecular flexibility index (Phi) is 3.10. The van der Waals surface area contributed by atoms with Gasteiger partial charge in [0, 0.05) is 5.88 Å². The van der Waals surface area contributed by atoms with E-state index in [0.717, 1.165) is 0 Å². The number of hydrogen-bond acceptors (Lipinski definition) is 2. The molecule has 1 rings (SSSR count). The van der Waals surface area contributed by atoms with Gasteiger partial charge in [-0.1, -0.05) is 6.07 Å². The van der Waals surface area contributed by atoms with Crippen LogP contribution >= 0.6 is 11.6 Å². The first-order chi connectivity index (χ1) is 6.61. The van der Waals surface area contributed by atoms with Gasteiger partial charge in [0.1, 0.15) is 0 Å². The van der Waals surface area contributed by atoms with Crippen LogP contribution in [0.2, 0.25) is 0 Å². The molecule has 0 atom stereocenters. The van der Waals surface area contributed by atoms with E-state index in [9.17, 15) is 4.79 Å². The molecule has 0 spiro atoms. The maximum atomic E-state index is 10.9. The molecule has 0 saturated carbocycles. The molecule has 0 saturated heterocycles. The Bertz CT molecular complexity index is 421. The highest BCUT2D eigenvalue weighted by atomic mass is 35.5. The lowest BCUT2D eigenvalue weighted by Crippen LogP contribution is -2.06. The van der Waals surface area contributed by atoms with Crippen LogP contribution < -0.4 is 0 Å². The summed E-state index contributed by atoms with van der Waals surface area (Å²) >= 11 is 5.62. The van der Waals surface area contributed by atoms with Crippen molar-refractivity contribution in [3.63, 3.8) is 0 Å². The van der Waals surface area contributed by atoms with Crippen LogP contribution in [-0.4, -0.2) is 11.1 Å². The zero-order valence-corrected chi connectivity index (χ0v) is 8.30. The van der Waals surface area contributed by atoms with Crippen LogP contribution in [0.5, 0.6) is 0 Å². The number of carboxylic acids is 1. The van der Waals surface area contributed by atoms with Crippen molar-refractivity contribution in [3.8, 4) is 6.07 Å². The topological polar surface area (TPSA) is 61.1 Å². The number of carboxylic acid groups (broad SMARTS) is 1. The van der Waals surface area contributed by atoms with E-state index in [0.29, 0.717) is 16.7 Å². The molecule has 3 nitrogen and oxygen atoms in total. The Morgan fingerprint density at radius 1 is 1.64 bits per heavy atom. The second-order valence-electron chi connectivity index (χ2n) is 2.83. The van der Waals surface area contributed by atoms with Crippen molar-refractivity contribution in [2.24, 2.45) is 0 Å². The van der Waals surface area contributed by atoms with E-state index >= 15 is 0 Å². The number of aryl methyl sites for hydroxylation is 1. The van der Waals surface area contributed by atoms with Crippen LogP contribution in [-0.2, 0) is 5.88 Å². The van der Waals surface area contributed by atoms with E-state index in [1.54, 1.807) is 19.1 Å². The third-order valence-electron chi connectivity index (χ3n) is 1.99. The molecule has 0 amide bonds. The first-order valence-corrected chi connectivity index (χ1v) is 4.47. The van der Waals surface area contributed by atoms with Gasteiger partial charge in [0.05, 0.1) is 17.2 Å². The van der Waals surface area contributed by atoms with Crippen molar-refractivity contribution in [3.05, 3.63) is 34.4 Å². The molecule has 1 aromatic rings. The Morgan fingerprint density at radius 2 is 2.29 bits per heavy atom. The molecule has 0 heterocycles. The van der Waals surface area contributed by atoms with Crippen LogP contribution in [0.1, 0.15) is 27.0 Å². The molecule has 1 aromatic carbocycles. The maximum Gasteiger partial charge on any atom is 0.336 e. The quantitative estimate of drug-likeness (QED) is 0.761. The van der Waals surface area contributed by atoms with Crippen LogP contribution in [0, 0.1) is 18.3 Å². The highest BCUT2D eigenvalue weighted by Gasteiger charge is 2.15. The molecule has 0 aliphatic rings. The van der Waals surface area contributed by atoms with Crippen LogP contribution in [0.4, 0.5) is 0 Å². The van der Waals surface area contributed by atoms with E-state index in [4.69, 9.17) is 22.0 Å². The minimum atomic E-state index is -1.05. The molecular weight excluding hydrogens is 202 g/mol. The van der Waals surface area contributed by atoms with Crippen molar-refractivity contribution < 1.29 is 9.90 Å². The molecule has 4 heteroatoms. The summed E-state index contributed by atoms with van der Waals surface area (Å²) in [6.07, 6.45) is 0. The Morgan fingerprint density at radius 3 is 2.71 bits per heavy atom. The minimum absolute atomic E-state index is 0.0339. The van der Waals surface area contributed by atoms with Crippen molar-refractivity contribution in [2.75, 3.05) is 0 Å². The van der Waals surface area contributed by atoms with Gasteiger partial charge in [0.15, 0.2) is 0 Å². The molecule has 0 bridgehead atoms. The molecule has 0 aliphatic carbocycles. The predicted octanol–water partition coefficient (Wildman–Crippen LogP) is 2.30. The number of hydrogen-bond donors (Lipinski definition) is 1. The Labute approximate surface area is 86.5 Å². The molecule has 0 radical (unpaired) electrons. The van der Waals surface area contributed by atoms with Gasteiger partial charge < -0.3 is 5.11 Å². The van der Waals surface area contributed by atoms with E-state index < -0.39 is 5.97 Å². The first kappa shape index (κ1) is 10.6. The number of nitrogens with zero attached hydrogens (tertiary/aromatic N) is 1. The summed E-state index contributed by atoms with van der Waals surface area (Å²) in [6.45, 7) is 1.68. The lowest BCUT2D eigenvalue weighted by Gasteiger charge is -2.07. The molecule has 0 aliphatic heterocycles. The zero-order chi connectivity index (χ0) is 10.7. The summed E-state index contributed by atoms with van der Waals surface area (Å²) in [5, 5.41) is 17.7. The number of nitriles is 1. The van der Waals surface area contributed by atoms with Crippen LogP contribution in [0.3, 0.4) is 0 Å². The van der Waals surface area contributed by atoms with E-state index in [2.05, 4.69) is 0 Å². The van der Waals surface area contributed by atoms with Gasteiger partial charge in [-0.05, 0) is 24.1 Å². The normalized spacial score (nSPS) is 9.50. The fourth-order valence-electron chi connectivity index (χ4n) is 1.31. The zero-order valence-electron chi connectivity index (χ0n) is 7.54. The van der Waals surface area contributed by atoms with Crippen molar-refractivity contribution in [1.29, 1.82) is 5.26 Å². The van der Waals surface area contributed by atoms with Crippen LogP contribution in [0.25, 0.3) is 0 Å². The summed E-state index contributed by atoms with van der Waals surface area (Å²) in [6, 6.07) is 5.11. The second-order valence-corrected chi connectivity index (χ2v) is 3.10. The monoisotopic (exact) mass is 209 g/mol. The molecular formula is C10H8ClNO2. The SMILES string of the molecule is Cc1ccc(C#N)c(CCl)c1C(=O)O. The highest BCUT2D eigenvalue weighted by Crippen LogP contribution is 2.20. The first-order valence-electron chi connectivity index (χ1n) is 3.93. The van der Waals surface area contributed by atoms with Gasteiger partial charge in [-0.2, -0.15) is 5.26 Å². The van der Waals surface area contributed by atoms with E-state index in [1.165, 1.54) is 0 Å². The van der Waals surface area contributed by atoms with Gasteiger partial charge >= 0.3 is 5.97 Å². The third kappa shape index (κ3) is 1.70. The fraction of sp³-hybridized carbons (Fsp3) is 0.200. The van der Waals surface area contributed by atoms with E-state index in [1.807, 2.05) is 6.07 Å². The summed E-state index contributed by atoms with van der Waals surface area (Å²) in [5.41, 5.74) is 1.47. The lowest BCUT2D eigenvalue weighted by molar-refractivity contribution is 0.0695. The number of alkyl halides is 1. The molecule has 14 heavy (non-hydrogen) atoms. The Hall–Kier alpha value is -1.53. The van der Waals surface area contributed by atoms with Crippen molar-refractivity contribution in [2.45, 2.75) is 12.8 Å². The summed E-state index contributed by atoms with van der Waals surface area (Å²) < 4.78 is 0. The second kappa shape index (κ2) is 4.12. The maximum absolute atomic E-state index is 10.9. The molecule has 0 fully saturated rings. The molecule has 72 valence electrons. The fourth-order valence-corrected chi connectivity index (χ4v) is 1.58. The van der Waals surface area contributed by atoms with Gasteiger partial charge in [-0.25, -0.2) is 4.79 Å². The minimum Gasteiger partial charge on any atom is -0.478 e. The van der Waals surface area contributed by atoms with Gasteiger partial charge in [0.25, 0.3) is 0 Å². The van der Waals surface area contributed by atoms with Gasteiger partial charge in [0.2, 0.25) is 0 Å². The van der Waals surface area contributed by atoms with Gasteiger partial charge in [-0.3, -0.25) is 0 Å². The summed E-state index contributed by atoms with van der Waals surface area (Å²) in [5.74, 6) is -1.01. The third-order valence-corrected chi connectivity index (χ3v) is 2.26. The number of rotatable bonds is 2. The number of carbonyl (C=O) groups is 1. The van der Waals surface area contributed by atoms with Crippen LogP contribution in [0.15, 0.2) is 12.1 Å². The van der Waals surface area contributed by atoms with Crippen molar-refractivity contribution in [1.82, 2.24) is 0 Å². The number of aromatic carboxylic acids is 1.